The second-order valence-corrected chi connectivity index (χ2v) is 4.05. The van der Waals surface area contributed by atoms with Crippen molar-refractivity contribution < 1.29 is 18.4 Å². The van der Waals surface area contributed by atoms with Crippen molar-refractivity contribution in [3.8, 4) is 11.3 Å². The third-order valence-electron chi connectivity index (χ3n) is 2.53. The highest BCUT2D eigenvalue weighted by Crippen LogP contribution is 2.29. The Balaban J connectivity index is 2.83. The van der Waals surface area contributed by atoms with E-state index in [0.29, 0.717) is 0 Å². The summed E-state index contributed by atoms with van der Waals surface area (Å²) in [7, 11) is 0. The Morgan fingerprint density at radius 3 is 2.53 bits per heavy atom. The van der Waals surface area contributed by atoms with Gasteiger partial charge in [0.1, 0.15) is 11.6 Å². The molecule has 2 rings (SSSR count). The van der Waals surface area contributed by atoms with Gasteiger partial charge in [-0.1, -0.05) is 0 Å². The van der Waals surface area contributed by atoms with E-state index in [4.69, 9.17) is 0 Å². The Morgan fingerprint density at radius 2 is 1.89 bits per heavy atom. The van der Waals surface area contributed by atoms with Gasteiger partial charge in [0.15, 0.2) is 6.29 Å². The number of rotatable bonds is 3. The summed E-state index contributed by atoms with van der Waals surface area (Å²) < 4.78 is 27.4. The standard InChI is InChI=1S/C13H7F2NO2S/c14-9-3-4-10(15)11(8(9)6-17)12-7(13(18)19)2-1-5-16-12/h1-6H,(H,18,19). The molecule has 0 unspecified atom stereocenters. The van der Waals surface area contributed by atoms with Gasteiger partial charge in [-0.05, 0) is 24.3 Å². The summed E-state index contributed by atoms with van der Waals surface area (Å²) in [6.45, 7) is 0. The van der Waals surface area contributed by atoms with Crippen molar-refractivity contribution in [3.63, 3.8) is 0 Å². The lowest BCUT2D eigenvalue weighted by Crippen LogP contribution is -2.03. The van der Waals surface area contributed by atoms with Crippen LogP contribution >= 0.6 is 12.6 Å². The molecule has 0 aliphatic heterocycles. The minimum absolute atomic E-state index is 0.00145. The van der Waals surface area contributed by atoms with Crippen LogP contribution in [0.5, 0.6) is 0 Å². The first-order valence-corrected chi connectivity index (χ1v) is 5.63. The molecule has 0 radical (unpaired) electrons. The van der Waals surface area contributed by atoms with Gasteiger partial charge in [-0.2, -0.15) is 0 Å². The molecule has 6 heteroatoms. The number of aromatic nitrogens is 1. The monoisotopic (exact) mass is 279 g/mol. The number of benzene rings is 1. The zero-order chi connectivity index (χ0) is 14.0. The Bertz CT molecular complexity index is 674. The van der Waals surface area contributed by atoms with Crippen molar-refractivity contribution in [1.29, 1.82) is 0 Å². The Labute approximate surface area is 112 Å². The van der Waals surface area contributed by atoms with E-state index in [1.54, 1.807) is 0 Å². The lowest BCUT2D eigenvalue weighted by molar-refractivity contribution is 0.108. The minimum atomic E-state index is -0.880. The van der Waals surface area contributed by atoms with Crippen molar-refractivity contribution >= 4 is 24.0 Å². The summed E-state index contributed by atoms with van der Waals surface area (Å²) in [5.74, 6) is -1.72. The van der Waals surface area contributed by atoms with Crippen molar-refractivity contribution in [2.45, 2.75) is 0 Å². The second-order valence-electron chi connectivity index (χ2n) is 3.64. The molecule has 0 saturated carbocycles. The van der Waals surface area contributed by atoms with Crippen LogP contribution in [0.2, 0.25) is 0 Å². The molecule has 0 aliphatic carbocycles. The normalized spacial score (nSPS) is 10.3. The molecule has 3 nitrogen and oxygen atoms in total. The Hall–Kier alpha value is -2.08. The highest BCUT2D eigenvalue weighted by molar-refractivity contribution is 7.97. The van der Waals surface area contributed by atoms with Gasteiger partial charge in [-0.25, -0.2) is 8.78 Å². The molecule has 96 valence electrons. The fraction of sp³-hybridized carbons (Fsp3) is 0. The van der Waals surface area contributed by atoms with E-state index in [-0.39, 0.29) is 23.1 Å². The highest BCUT2D eigenvalue weighted by atomic mass is 32.1. The van der Waals surface area contributed by atoms with Gasteiger partial charge in [0, 0.05) is 6.20 Å². The molecule has 1 aromatic carbocycles. The third-order valence-corrected chi connectivity index (χ3v) is 2.78. The van der Waals surface area contributed by atoms with Crippen molar-refractivity contribution in [3.05, 3.63) is 53.2 Å². The number of halogens is 2. The van der Waals surface area contributed by atoms with Crippen molar-refractivity contribution in [1.82, 2.24) is 4.98 Å². The zero-order valence-corrected chi connectivity index (χ0v) is 10.3. The SMILES string of the molecule is O=Cc1c(F)ccc(F)c1-c1ncccc1C(=O)S. The smallest absolute Gasteiger partial charge is 0.218 e. The fourth-order valence-corrected chi connectivity index (χ4v) is 1.88. The highest BCUT2D eigenvalue weighted by Gasteiger charge is 2.20. The first-order valence-electron chi connectivity index (χ1n) is 5.18. The quantitative estimate of drug-likeness (QED) is 0.694. The van der Waals surface area contributed by atoms with Crippen molar-refractivity contribution in [2.24, 2.45) is 0 Å². The first-order chi connectivity index (χ1) is 9.06. The number of aldehydes is 1. The van der Waals surface area contributed by atoms with Crippen LogP contribution in [0.15, 0.2) is 30.5 Å². The van der Waals surface area contributed by atoms with Crippen LogP contribution in [0.3, 0.4) is 0 Å². The number of hydrogen-bond donors (Lipinski definition) is 1. The molecule has 0 aliphatic rings. The molecule has 1 heterocycles. The summed E-state index contributed by atoms with van der Waals surface area (Å²) in [6, 6.07) is 4.55. The van der Waals surface area contributed by atoms with Crippen LogP contribution in [0.25, 0.3) is 11.3 Å². The maximum Gasteiger partial charge on any atom is 0.218 e. The molecular weight excluding hydrogens is 272 g/mol. The van der Waals surface area contributed by atoms with Crippen molar-refractivity contribution in [2.75, 3.05) is 0 Å². The van der Waals surface area contributed by atoms with Gasteiger partial charge in [0.05, 0.1) is 22.4 Å². The van der Waals surface area contributed by atoms with E-state index >= 15 is 0 Å². The summed E-state index contributed by atoms with van der Waals surface area (Å²) in [5.41, 5.74) is -0.928. The number of thiol groups is 1. The number of hydrogen-bond acceptors (Lipinski definition) is 3. The molecule has 0 atom stereocenters. The molecule has 0 amide bonds. The van der Waals surface area contributed by atoms with Crippen LogP contribution in [-0.4, -0.2) is 16.4 Å². The van der Waals surface area contributed by atoms with Gasteiger partial charge in [0.2, 0.25) is 5.12 Å². The number of carbonyl (C=O) groups is 2. The van der Waals surface area contributed by atoms with E-state index in [1.165, 1.54) is 18.3 Å². The van der Waals surface area contributed by atoms with E-state index in [2.05, 4.69) is 17.6 Å². The average Bonchev–Trinajstić information content (AvgIpc) is 2.41. The maximum absolute atomic E-state index is 13.8. The molecule has 0 fully saturated rings. The van der Waals surface area contributed by atoms with Crippen LogP contribution in [0, 0.1) is 11.6 Å². The van der Waals surface area contributed by atoms with Gasteiger partial charge in [0.25, 0.3) is 0 Å². The van der Waals surface area contributed by atoms with Gasteiger partial charge in [-0.3, -0.25) is 14.6 Å². The third kappa shape index (κ3) is 2.39. The lowest BCUT2D eigenvalue weighted by Gasteiger charge is -2.09. The topological polar surface area (TPSA) is 47.0 Å². The second kappa shape index (κ2) is 5.27. The Morgan fingerprint density at radius 1 is 1.21 bits per heavy atom. The predicted molar refractivity (Wildman–Crippen MR) is 68.3 cm³/mol. The number of carbonyl (C=O) groups excluding carboxylic acids is 2. The summed E-state index contributed by atoms with van der Waals surface area (Å²) in [6.07, 6.45) is 1.50. The van der Waals surface area contributed by atoms with Crippen LogP contribution in [0.4, 0.5) is 8.78 Å². The molecule has 0 N–H and O–H groups in total. The first kappa shape index (κ1) is 13.4. The predicted octanol–water partition coefficient (Wildman–Crippen LogP) is 2.91. The lowest BCUT2D eigenvalue weighted by atomic mass is 10.00. The van der Waals surface area contributed by atoms with Gasteiger partial charge in [-0.15, -0.1) is 12.6 Å². The van der Waals surface area contributed by atoms with E-state index in [0.717, 1.165) is 12.1 Å². The van der Waals surface area contributed by atoms with Gasteiger partial charge < -0.3 is 0 Å². The summed E-state index contributed by atoms with van der Waals surface area (Å²) in [4.78, 5) is 26.1. The van der Waals surface area contributed by atoms with Crippen LogP contribution in [-0.2, 0) is 0 Å². The minimum Gasteiger partial charge on any atom is -0.298 e. The average molecular weight is 279 g/mol. The van der Waals surface area contributed by atoms with Gasteiger partial charge >= 0.3 is 0 Å². The summed E-state index contributed by atoms with van der Waals surface area (Å²) in [5, 5.41) is -0.649. The molecule has 1 aromatic heterocycles. The van der Waals surface area contributed by atoms with Crippen LogP contribution < -0.4 is 0 Å². The largest absolute Gasteiger partial charge is 0.298 e. The molecule has 0 spiro atoms. The van der Waals surface area contributed by atoms with E-state index in [9.17, 15) is 18.4 Å². The molecule has 19 heavy (non-hydrogen) atoms. The molecule has 0 saturated heterocycles. The fourth-order valence-electron chi connectivity index (χ4n) is 1.70. The number of pyridine rings is 1. The van der Waals surface area contributed by atoms with E-state index < -0.39 is 22.3 Å². The maximum atomic E-state index is 13.8. The number of nitrogens with zero attached hydrogens (tertiary/aromatic N) is 1. The zero-order valence-electron chi connectivity index (χ0n) is 9.43. The summed E-state index contributed by atoms with van der Waals surface area (Å²) >= 11 is 3.65. The van der Waals surface area contributed by atoms with Crippen LogP contribution in [0.1, 0.15) is 20.7 Å². The molecular formula is C13H7F2NO2S. The van der Waals surface area contributed by atoms with E-state index in [1.807, 2.05) is 0 Å². The molecule has 2 aromatic rings. The Kier molecular flexibility index (Phi) is 3.71. The molecule has 0 bridgehead atoms.